The van der Waals surface area contributed by atoms with Crippen molar-refractivity contribution in [2.45, 2.75) is 179 Å². The third-order valence-electron chi connectivity index (χ3n) is 11.7. The first-order chi connectivity index (χ1) is 23.0. The Balaban J connectivity index is 2.15. The van der Waals surface area contributed by atoms with Gasteiger partial charge >= 0.3 is 5.97 Å². The van der Waals surface area contributed by atoms with Crippen molar-refractivity contribution in [3.8, 4) is 0 Å². The zero-order valence-corrected chi connectivity index (χ0v) is 32.6. The quantitative estimate of drug-likeness (QED) is 0.284. The summed E-state index contributed by atoms with van der Waals surface area (Å²) in [6.07, 6.45) is -6.53. The lowest BCUT2D eigenvalue weighted by Crippen LogP contribution is -2.60. The van der Waals surface area contributed by atoms with E-state index in [0.29, 0.717) is 6.42 Å². The molecule has 0 aromatic rings. The molecule has 17 atom stereocenters. The molecule has 13 heteroatoms. The Morgan fingerprint density at radius 3 is 2.04 bits per heavy atom. The molecule has 3 aliphatic rings. The number of esters is 1. The fraction of sp³-hybridized carbons (Fsp3) is 0.946. The Hall–Kier alpha value is -1.26. The van der Waals surface area contributed by atoms with Crippen LogP contribution in [0.15, 0.2) is 0 Å². The van der Waals surface area contributed by atoms with Gasteiger partial charge in [0.25, 0.3) is 0 Å². The zero-order valence-electron chi connectivity index (χ0n) is 32.6. The molecule has 3 rings (SSSR count). The SMILES string of the molecule is CC[C@H]1OC(=O)[C@H](C)[C@@H](O[C@H]2CC(C)(OC)[C@@H](O)[C@@H](C)O2)[C@H](C)[C@@H](O[C@H]2CC(N(C)C)C[C@@H](C)O2)[C@](C)(O)C[C@@H](C)C(=O)[C@H](C)[C@@H](O)[C@]1(C)O. The number of ether oxygens (including phenoxy) is 6. The molecule has 0 radical (unpaired) electrons. The fourth-order valence-corrected chi connectivity index (χ4v) is 8.36. The molecule has 292 valence electrons. The van der Waals surface area contributed by atoms with Crippen molar-refractivity contribution in [1.29, 1.82) is 0 Å². The number of rotatable bonds is 7. The first-order valence-corrected chi connectivity index (χ1v) is 18.4. The van der Waals surface area contributed by atoms with E-state index in [1.54, 1.807) is 41.5 Å². The third kappa shape index (κ3) is 9.45. The van der Waals surface area contributed by atoms with Crippen LogP contribution in [0.3, 0.4) is 0 Å². The Labute approximate surface area is 299 Å². The van der Waals surface area contributed by atoms with Gasteiger partial charge in [-0.2, -0.15) is 0 Å². The summed E-state index contributed by atoms with van der Waals surface area (Å²) in [4.78, 5) is 30.0. The number of methoxy groups -OCH3 is 1. The maximum Gasteiger partial charge on any atom is 0.311 e. The number of nitrogens with zero attached hydrogens (tertiary/aromatic N) is 1. The van der Waals surface area contributed by atoms with Crippen LogP contribution in [0.4, 0.5) is 0 Å². The molecule has 2 unspecified atom stereocenters. The summed E-state index contributed by atoms with van der Waals surface area (Å²) in [5, 5.41) is 46.1. The molecule has 0 saturated carbocycles. The van der Waals surface area contributed by atoms with E-state index in [1.807, 2.05) is 27.9 Å². The number of carbonyl (C=O) groups excluding carboxylic acids is 2. The molecular weight excluding hydrogens is 650 g/mol. The number of ketones is 1. The van der Waals surface area contributed by atoms with Gasteiger partial charge in [-0.1, -0.05) is 27.7 Å². The van der Waals surface area contributed by atoms with Gasteiger partial charge in [-0.05, 0) is 74.9 Å². The highest BCUT2D eigenvalue weighted by Gasteiger charge is 2.52. The van der Waals surface area contributed by atoms with Crippen LogP contribution in [0, 0.1) is 23.7 Å². The van der Waals surface area contributed by atoms with Crippen molar-refractivity contribution in [2.75, 3.05) is 21.2 Å². The van der Waals surface area contributed by atoms with Gasteiger partial charge in [0, 0.05) is 43.7 Å². The number of hydrogen-bond donors (Lipinski definition) is 4. The molecule has 0 spiro atoms. The summed E-state index contributed by atoms with van der Waals surface area (Å²) in [6.45, 7) is 16.8. The predicted octanol–water partition coefficient (Wildman–Crippen LogP) is 2.81. The van der Waals surface area contributed by atoms with Gasteiger partial charge < -0.3 is 53.7 Å². The van der Waals surface area contributed by atoms with E-state index in [0.717, 1.165) is 6.42 Å². The molecular formula is C37H67NO12. The van der Waals surface area contributed by atoms with Crippen molar-refractivity contribution in [3.05, 3.63) is 0 Å². The van der Waals surface area contributed by atoms with E-state index in [4.69, 9.17) is 28.4 Å². The van der Waals surface area contributed by atoms with Crippen LogP contribution >= 0.6 is 0 Å². The van der Waals surface area contributed by atoms with Gasteiger partial charge in [-0.25, -0.2) is 0 Å². The second-order valence-corrected chi connectivity index (χ2v) is 16.4. The van der Waals surface area contributed by atoms with Gasteiger partial charge in [-0.3, -0.25) is 9.59 Å². The van der Waals surface area contributed by atoms with E-state index in [9.17, 15) is 30.0 Å². The molecule has 0 aromatic carbocycles. The maximum atomic E-state index is 14.1. The number of carbonyl (C=O) groups is 2. The summed E-state index contributed by atoms with van der Waals surface area (Å²) in [6, 6.07) is 0.153. The maximum absolute atomic E-state index is 14.1. The molecule has 3 aliphatic heterocycles. The standard InChI is InChI=1S/C37H67NO12/c1-14-26-37(10,44)31(40)21(4)29(39)19(2)17-35(8,43)33(50-27-16-25(38(11)12)15-20(3)46-27)22(5)30(23(6)34(42)48-26)49-28-18-36(9,45-13)32(41)24(7)47-28/h19-28,30-33,40-41,43-44H,14-18H2,1-13H3/t19-,20-,21+,22+,23-,24-,25?,26-,27+,28+,30+,31-,32+,33-,35-,36?,37-/m1/s1. The van der Waals surface area contributed by atoms with Crippen molar-refractivity contribution in [2.24, 2.45) is 23.7 Å². The van der Waals surface area contributed by atoms with Crippen molar-refractivity contribution in [3.63, 3.8) is 0 Å². The van der Waals surface area contributed by atoms with E-state index in [-0.39, 0.29) is 37.2 Å². The summed E-state index contributed by atoms with van der Waals surface area (Å²) in [7, 11) is 5.50. The van der Waals surface area contributed by atoms with Gasteiger partial charge in [0.15, 0.2) is 12.6 Å². The molecule has 3 fully saturated rings. The van der Waals surface area contributed by atoms with Crippen LogP contribution in [0.1, 0.15) is 101 Å². The minimum absolute atomic E-state index is 0.0485. The summed E-state index contributed by atoms with van der Waals surface area (Å²) in [5.74, 6) is -4.57. The lowest BCUT2D eigenvalue weighted by atomic mass is 9.74. The smallest absolute Gasteiger partial charge is 0.311 e. The number of aliphatic hydroxyl groups is 4. The first-order valence-electron chi connectivity index (χ1n) is 18.4. The number of Topliss-reactive ketones (excluding diaryl/α,β-unsaturated/α-hetero) is 1. The van der Waals surface area contributed by atoms with E-state index < -0.39 is 95.6 Å². The Morgan fingerprint density at radius 1 is 0.860 bits per heavy atom. The van der Waals surface area contributed by atoms with Gasteiger partial charge in [-0.15, -0.1) is 0 Å². The van der Waals surface area contributed by atoms with Crippen LogP contribution < -0.4 is 0 Å². The molecule has 13 nitrogen and oxygen atoms in total. The van der Waals surface area contributed by atoms with Crippen LogP contribution in [0.25, 0.3) is 0 Å². The van der Waals surface area contributed by atoms with Crippen LogP contribution in [0.2, 0.25) is 0 Å². The fourth-order valence-electron chi connectivity index (χ4n) is 8.36. The molecule has 0 aliphatic carbocycles. The average molecular weight is 718 g/mol. The highest BCUT2D eigenvalue weighted by molar-refractivity contribution is 5.83. The van der Waals surface area contributed by atoms with Crippen LogP contribution in [-0.2, 0) is 38.0 Å². The van der Waals surface area contributed by atoms with Gasteiger partial charge in [0.05, 0.1) is 47.6 Å². The highest BCUT2D eigenvalue weighted by Crippen LogP contribution is 2.40. The van der Waals surface area contributed by atoms with Crippen LogP contribution in [0.5, 0.6) is 0 Å². The summed E-state index contributed by atoms with van der Waals surface area (Å²) < 4.78 is 37.4. The van der Waals surface area contributed by atoms with E-state index >= 15 is 0 Å². The Morgan fingerprint density at radius 2 is 1.48 bits per heavy atom. The molecule has 50 heavy (non-hydrogen) atoms. The Kier molecular flexibility index (Phi) is 14.5. The predicted molar refractivity (Wildman–Crippen MR) is 185 cm³/mol. The lowest BCUT2D eigenvalue weighted by Gasteiger charge is -2.48. The summed E-state index contributed by atoms with van der Waals surface area (Å²) >= 11 is 0. The largest absolute Gasteiger partial charge is 0.459 e. The third-order valence-corrected chi connectivity index (χ3v) is 11.7. The molecule has 0 amide bonds. The monoisotopic (exact) mass is 717 g/mol. The zero-order chi connectivity index (χ0) is 38.1. The highest BCUT2D eigenvalue weighted by atomic mass is 16.7. The molecule has 3 heterocycles. The summed E-state index contributed by atoms with van der Waals surface area (Å²) in [5.41, 5.74) is -4.64. The normalized spacial score (nSPS) is 49.0. The second-order valence-electron chi connectivity index (χ2n) is 16.4. The number of cyclic esters (lactones) is 1. The molecule has 3 saturated heterocycles. The minimum Gasteiger partial charge on any atom is -0.459 e. The lowest BCUT2D eigenvalue weighted by molar-refractivity contribution is -0.308. The van der Waals surface area contributed by atoms with Crippen molar-refractivity contribution >= 4 is 11.8 Å². The van der Waals surface area contributed by atoms with Crippen LogP contribution in [-0.4, -0.2) is 136 Å². The van der Waals surface area contributed by atoms with Gasteiger partial charge in [0.2, 0.25) is 0 Å². The number of hydrogen-bond acceptors (Lipinski definition) is 13. The van der Waals surface area contributed by atoms with Crippen molar-refractivity contribution < 1.29 is 58.4 Å². The molecule has 0 aromatic heterocycles. The second kappa shape index (κ2) is 16.8. The van der Waals surface area contributed by atoms with Gasteiger partial charge in [0.1, 0.15) is 23.6 Å². The first kappa shape index (κ1) is 43.1. The molecule has 4 N–H and O–H groups in total. The Bertz CT molecular complexity index is 1130. The number of aliphatic hydroxyl groups excluding tert-OH is 2. The minimum atomic E-state index is -1.96. The van der Waals surface area contributed by atoms with E-state index in [2.05, 4.69) is 4.90 Å². The topological polar surface area (TPSA) is 174 Å². The molecule has 0 bridgehead atoms. The average Bonchev–Trinajstić information content (AvgIpc) is 3.04. The van der Waals surface area contributed by atoms with Crippen molar-refractivity contribution in [1.82, 2.24) is 4.90 Å². The van der Waals surface area contributed by atoms with E-state index in [1.165, 1.54) is 21.0 Å².